The summed E-state index contributed by atoms with van der Waals surface area (Å²) in [4.78, 5) is 15.2. The highest BCUT2D eigenvalue weighted by Crippen LogP contribution is 2.38. The van der Waals surface area contributed by atoms with Gasteiger partial charge in [0.25, 0.3) is 5.91 Å². The van der Waals surface area contributed by atoms with Crippen molar-refractivity contribution in [1.82, 2.24) is 9.47 Å². The lowest BCUT2D eigenvalue weighted by molar-refractivity contribution is -0.125. The summed E-state index contributed by atoms with van der Waals surface area (Å²) in [5.74, 6) is -0.295. The molecule has 1 saturated heterocycles. The van der Waals surface area contributed by atoms with Crippen molar-refractivity contribution in [3.63, 3.8) is 0 Å². The van der Waals surface area contributed by atoms with Crippen LogP contribution in [0.25, 0.3) is 17.0 Å². The van der Waals surface area contributed by atoms with E-state index in [1.807, 2.05) is 67.9 Å². The Balaban J connectivity index is 1.76. The molecule has 0 bridgehead atoms. The fraction of sp³-hybridized carbons (Fsp3) is 0.217. The molecule has 0 saturated carbocycles. The van der Waals surface area contributed by atoms with E-state index < -0.39 is 0 Å². The molecule has 1 aliphatic heterocycles. The summed E-state index contributed by atoms with van der Waals surface area (Å²) in [6, 6.07) is 14.7. The molecular weight excluding hydrogens is 403 g/mol. The smallest absolute Gasteiger partial charge is 0.266 e. The second kappa shape index (κ2) is 7.43. The van der Waals surface area contributed by atoms with E-state index in [1.165, 1.54) is 17.8 Å². The molecule has 4 rings (SSSR count). The van der Waals surface area contributed by atoms with E-state index in [2.05, 4.69) is 0 Å². The van der Waals surface area contributed by atoms with Gasteiger partial charge >= 0.3 is 0 Å². The summed E-state index contributed by atoms with van der Waals surface area (Å²) in [6.45, 7) is 6.34. The van der Waals surface area contributed by atoms with Crippen LogP contribution in [0.15, 0.2) is 59.6 Å². The van der Waals surface area contributed by atoms with Crippen LogP contribution in [0, 0.1) is 5.82 Å². The molecule has 3 nitrogen and oxygen atoms in total. The van der Waals surface area contributed by atoms with Gasteiger partial charge in [0.05, 0.1) is 11.4 Å². The zero-order valence-electron chi connectivity index (χ0n) is 16.5. The third-order valence-electron chi connectivity index (χ3n) is 4.87. The molecule has 29 heavy (non-hydrogen) atoms. The number of hydrogen-bond acceptors (Lipinski definition) is 3. The highest BCUT2D eigenvalue weighted by molar-refractivity contribution is 8.26. The standard InChI is InChI=1S/C23H21FN2OS2/c1-23(2,3)26-21(27)20(29-22(26)28)12-16-14-25(19-11-7-5-9-17(16)19)13-15-8-4-6-10-18(15)24/h4-12,14H,13H2,1-3H3/b20-12+. The topological polar surface area (TPSA) is 25.2 Å². The van der Waals surface area contributed by atoms with Gasteiger partial charge in [-0.15, -0.1) is 0 Å². The Morgan fingerprint density at radius 2 is 1.79 bits per heavy atom. The van der Waals surface area contributed by atoms with Crippen molar-refractivity contribution < 1.29 is 9.18 Å². The molecule has 2 heterocycles. The summed E-state index contributed by atoms with van der Waals surface area (Å²) >= 11 is 6.77. The van der Waals surface area contributed by atoms with Crippen LogP contribution in [0.4, 0.5) is 4.39 Å². The SMILES string of the molecule is CC(C)(C)N1C(=O)/C(=C\c2cn(Cc3ccccc3F)c3ccccc23)SC1=S. The Kier molecular flexibility index (Phi) is 5.09. The number of carbonyl (C=O) groups excluding carboxylic acids is 1. The predicted octanol–water partition coefficient (Wildman–Crippen LogP) is 5.83. The lowest BCUT2D eigenvalue weighted by atomic mass is 10.1. The van der Waals surface area contributed by atoms with Gasteiger partial charge in [0.2, 0.25) is 0 Å². The van der Waals surface area contributed by atoms with Crippen molar-refractivity contribution in [3.05, 3.63) is 76.6 Å². The molecule has 0 N–H and O–H groups in total. The first-order valence-electron chi connectivity index (χ1n) is 9.35. The second-order valence-electron chi connectivity index (χ2n) is 8.01. The van der Waals surface area contributed by atoms with E-state index >= 15 is 0 Å². The first-order valence-corrected chi connectivity index (χ1v) is 10.6. The van der Waals surface area contributed by atoms with Crippen molar-refractivity contribution in [2.45, 2.75) is 32.9 Å². The van der Waals surface area contributed by atoms with Crippen LogP contribution in [-0.2, 0) is 11.3 Å². The fourth-order valence-corrected chi connectivity index (χ4v) is 5.15. The molecule has 3 aromatic rings. The van der Waals surface area contributed by atoms with E-state index in [4.69, 9.17) is 12.2 Å². The van der Waals surface area contributed by atoms with Gasteiger partial charge in [-0.05, 0) is 39.0 Å². The van der Waals surface area contributed by atoms with Gasteiger partial charge in [-0.1, -0.05) is 60.4 Å². The molecule has 0 radical (unpaired) electrons. The summed E-state index contributed by atoms with van der Waals surface area (Å²) in [7, 11) is 0. The van der Waals surface area contributed by atoms with Gasteiger partial charge in [-0.3, -0.25) is 9.69 Å². The van der Waals surface area contributed by atoms with Gasteiger partial charge in [-0.2, -0.15) is 0 Å². The van der Waals surface area contributed by atoms with Crippen LogP contribution in [0.1, 0.15) is 31.9 Å². The molecule has 0 atom stereocenters. The number of thioether (sulfide) groups is 1. The predicted molar refractivity (Wildman–Crippen MR) is 122 cm³/mol. The van der Waals surface area contributed by atoms with Crippen LogP contribution in [0.3, 0.4) is 0 Å². The van der Waals surface area contributed by atoms with Gasteiger partial charge in [0, 0.05) is 33.8 Å². The summed E-state index contributed by atoms with van der Waals surface area (Å²) in [5, 5.41) is 1.02. The molecule has 0 aliphatic carbocycles. The number of halogens is 1. The number of rotatable bonds is 3. The van der Waals surface area contributed by atoms with Gasteiger partial charge in [0.1, 0.15) is 10.1 Å². The lowest BCUT2D eigenvalue weighted by Gasteiger charge is -2.30. The van der Waals surface area contributed by atoms with E-state index in [0.29, 0.717) is 21.3 Å². The Morgan fingerprint density at radius 1 is 1.10 bits per heavy atom. The van der Waals surface area contributed by atoms with Crippen LogP contribution in [0.5, 0.6) is 0 Å². The number of carbonyl (C=O) groups is 1. The lowest BCUT2D eigenvalue weighted by Crippen LogP contribution is -2.44. The Morgan fingerprint density at radius 3 is 2.48 bits per heavy atom. The Labute approximate surface area is 179 Å². The molecule has 0 spiro atoms. The molecule has 148 valence electrons. The Bertz CT molecular complexity index is 1160. The normalized spacial score (nSPS) is 16.4. The summed E-state index contributed by atoms with van der Waals surface area (Å²) < 4.78 is 16.8. The van der Waals surface area contributed by atoms with E-state index in [9.17, 15) is 9.18 Å². The van der Waals surface area contributed by atoms with Crippen molar-refractivity contribution in [3.8, 4) is 0 Å². The maximum atomic E-state index is 14.2. The largest absolute Gasteiger partial charge is 0.342 e. The van der Waals surface area contributed by atoms with Gasteiger partial charge < -0.3 is 4.57 Å². The molecule has 1 aliphatic rings. The number of nitrogens with zero attached hydrogens (tertiary/aromatic N) is 2. The number of benzene rings is 2. The van der Waals surface area contributed by atoms with Crippen molar-refractivity contribution in [1.29, 1.82) is 0 Å². The van der Waals surface area contributed by atoms with E-state index in [-0.39, 0.29) is 17.3 Å². The maximum absolute atomic E-state index is 14.2. The van der Waals surface area contributed by atoms with E-state index in [0.717, 1.165) is 16.5 Å². The highest BCUT2D eigenvalue weighted by atomic mass is 32.2. The third kappa shape index (κ3) is 3.74. The molecule has 0 unspecified atom stereocenters. The zero-order valence-corrected chi connectivity index (χ0v) is 18.1. The maximum Gasteiger partial charge on any atom is 0.266 e. The third-order valence-corrected chi connectivity index (χ3v) is 6.17. The molecule has 1 aromatic heterocycles. The van der Waals surface area contributed by atoms with Crippen LogP contribution >= 0.6 is 24.0 Å². The van der Waals surface area contributed by atoms with Gasteiger partial charge in [0.15, 0.2) is 0 Å². The number of fused-ring (bicyclic) bond motifs is 1. The van der Waals surface area contributed by atoms with Crippen LogP contribution in [-0.4, -0.2) is 25.2 Å². The first-order chi connectivity index (χ1) is 13.8. The van der Waals surface area contributed by atoms with Crippen LogP contribution < -0.4 is 0 Å². The van der Waals surface area contributed by atoms with Gasteiger partial charge in [-0.25, -0.2) is 4.39 Å². The summed E-state index contributed by atoms with van der Waals surface area (Å²) in [6.07, 6.45) is 3.87. The molecule has 1 fully saturated rings. The summed E-state index contributed by atoms with van der Waals surface area (Å²) in [5.41, 5.74) is 2.17. The highest BCUT2D eigenvalue weighted by Gasteiger charge is 2.39. The number of aromatic nitrogens is 1. The Hall–Kier alpha value is -2.44. The molecule has 1 amide bonds. The van der Waals surface area contributed by atoms with Crippen molar-refractivity contribution >= 4 is 51.2 Å². The second-order valence-corrected chi connectivity index (χ2v) is 9.68. The van der Waals surface area contributed by atoms with Crippen molar-refractivity contribution in [2.24, 2.45) is 0 Å². The quantitative estimate of drug-likeness (QED) is 0.391. The van der Waals surface area contributed by atoms with Crippen LogP contribution in [0.2, 0.25) is 0 Å². The first kappa shape index (κ1) is 19.9. The molecule has 2 aromatic carbocycles. The minimum Gasteiger partial charge on any atom is -0.342 e. The average Bonchev–Trinajstić information content (AvgIpc) is 3.14. The minimum absolute atomic E-state index is 0.0709. The zero-order chi connectivity index (χ0) is 20.8. The minimum atomic E-state index is -0.365. The van der Waals surface area contributed by atoms with Crippen molar-refractivity contribution in [2.75, 3.05) is 0 Å². The van der Waals surface area contributed by atoms with E-state index in [1.54, 1.807) is 17.0 Å². The number of amides is 1. The fourth-order valence-electron chi connectivity index (χ4n) is 3.52. The molecule has 6 heteroatoms. The number of hydrogen-bond donors (Lipinski definition) is 0. The number of thiocarbonyl (C=S) groups is 1. The number of para-hydroxylation sites is 1. The monoisotopic (exact) mass is 424 g/mol. The average molecular weight is 425 g/mol. The molecular formula is C23H21FN2OS2.